The number of amides is 1. The Hall–Kier alpha value is -2.89. The zero-order chi connectivity index (χ0) is 22.9. The van der Waals surface area contributed by atoms with E-state index < -0.39 is 17.4 Å². The maximum atomic E-state index is 13.8. The minimum atomic E-state index is -1.11. The van der Waals surface area contributed by atoms with E-state index >= 15 is 0 Å². The van der Waals surface area contributed by atoms with Gasteiger partial charge in [0.2, 0.25) is 5.91 Å². The van der Waals surface area contributed by atoms with E-state index in [1.54, 1.807) is 48.4 Å². The zero-order valence-electron chi connectivity index (χ0n) is 17.4. The van der Waals surface area contributed by atoms with Gasteiger partial charge in [-0.25, -0.2) is 4.98 Å². The maximum absolute atomic E-state index is 13.8. The van der Waals surface area contributed by atoms with E-state index in [0.717, 1.165) is 11.1 Å². The molecule has 32 heavy (non-hydrogen) atoms. The number of nitrogens with zero attached hydrogens (tertiary/aromatic N) is 2. The van der Waals surface area contributed by atoms with Gasteiger partial charge in [-0.15, -0.1) is 0 Å². The number of halogens is 2. The van der Waals surface area contributed by atoms with Gasteiger partial charge in [-0.1, -0.05) is 60.5 Å². The molecule has 1 aliphatic rings. The monoisotopic (exact) mass is 468 g/mol. The highest BCUT2D eigenvalue weighted by molar-refractivity contribution is 6.30. The molecule has 0 unspecified atom stereocenters. The number of aliphatic carboxylic acids is 1. The van der Waals surface area contributed by atoms with Gasteiger partial charge >= 0.3 is 5.97 Å². The molecular weight excluding hydrogens is 447 g/mol. The first-order valence-corrected chi connectivity index (χ1v) is 11.0. The van der Waals surface area contributed by atoms with Crippen LogP contribution in [0.5, 0.6) is 0 Å². The molecule has 4 rings (SSSR count). The Balaban J connectivity index is 1.94. The second kappa shape index (κ2) is 8.93. The van der Waals surface area contributed by atoms with Crippen molar-refractivity contribution in [3.05, 3.63) is 94.1 Å². The van der Waals surface area contributed by atoms with Crippen LogP contribution in [0.2, 0.25) is 10.0 Å². The first-order valence-electron chi connectivity index (χ1n) is 10.3. The molecule has 5 nitrogen and oxygen atoms in total. The zero-order valence-corrected chi connectivity index (χ0v) is 18.9. The summed E-state index contributed by atoms with van der Waals surface area (Å²) < 4.78 is 0. The number of carbonyl (C=O) groups excluding carboxylic acids is 1. The van der Waals surface area contributed by atoms with Gasteiger partial charge < -0.3 is 5.11 Å². The smallest absolute Gasteiger partial charge is 0.304 e. The summed E-state index contributed by atoms with van der Waals surface area (Å²) in [7, 11) is 0. The molecular formula is C25H22Cl2N2O3. The summed E-state index contributed by atoms with van der Waals surface area (Å²) in [6.07, 6.45) is 1.70. The van der Waals surface area contributed by atoms with Crippen LogP contribution in [0.15, 0.2) is 72.9 Å². The number of rotatable bonds is 5. The molecule has 2 heterocycles. The summed E-state index contributed by atoms with van der Waals surface area (Å²) in [6.45, 7) is 1.72. The molecule has 1 aliphatic heterocycles. The second-order valence-electron chi connectivity index (χ2n) is 8.36. The largest absolute Gasteiger partial charge is 0.481 e. The Morgan fingerprint density at radius 3 is 2.44 bits per heavy atom. The number of aromatic nitrogens is 1. The molecule has 0 radical (unpaired) electrons. The van der Waals surface area contributed by atoms with Crippen molar-refractivity contribution < 1.29 is 14.7 Å². The third-order valence-corrected chi connectivity index (χ3v) is 6.48. The summed E-state index contributed by atoms with van der Waals surface area (Å²) in [5.74, 6) is -1.02. The van der Waals surface area contributed by atoms with Crippen LogP contribution in [0.4, 0.5) is 5.82 Å². The van der Waals surface area contributed by atoms with E-state index in [-0.39, 0.29) is 18.2 Å². The number of carboxylic acid groups (broad SMARTS) is 1. The van der Waals surface area contributed by atoms with Gasteiger partial charge in [0.05, 0.1) is 17.9 Å². The van der Waals surface area contributed by atoms with E-state index in [9.17, 15) is 14.7 Å². The average Bonchev–Trinajstić information content (AvgIpc) is 2.76. The Morgan fingerprint density at radius 1 is 1.06 bits per heavy atom. The molecule has 0 spiro atoms. The van der Waals surface area contributed by atoms with Crippen LogP contribution in [-0.2, 0) is 9.59 Å². The molecule has 0 saturated carbocycles. The lowest BCUT2D eigenvalue weighted by Crippen LogP contribution is -2.53. The summed E-state index contributed by atoms with van der Waals surface area (Å²) in [6, 6.07) is 19.8. The highest BCUT2D eigenvalue weighted by Crippen LogP contribution is 2.52. The first kappa shape index (κ1) is 22.3. The van der Waals surface area contributed by atoms with Crippen molar-refractivity contribution in [2.24, 2.45) is 5.41 Å². The van der Waals surface area contributed by atoms with Crippen LogP contribution in [0.1, 0.15) is 42.9 Å². The lowest BCUT2D eigenvalue weighted by Gasteiger charge is -2.48. The van der Waals surface area contributed by atoms with Crippen molar-refractivity contribution in [1.82, 2.24) is 4.98 Å². The van der Waals surface area contributed by atoms with Gasteiger partial charge in [-0.2, -0.15) is 0 Å². The predicted octanol–water partition coefficient (Wildman–Crippen LogP) is 6.13. The van der Waals surface area contributed by atoms with Gasteiger partial charge in [0.15, 0.2) is 0 Å². The molecule has 3 aromatic rings. The fourth-order valence-electron chi connectivity index (χ4n) is 4.58. The van der Waals surface area contributed by atoms with Crippen LogP contribution in [-0.4, -0.2) is 22.0 Å². The number of carboxylic acids is 1. The van der Waals surface area contributed by atoms with Crippen molar-refractivity contribution in [3.63, 3.8) is 0 Å². The van der Waals surface area contributed by atoms with Crippen LogP contribution < -0.4 is 4.90 Å². The number of piperidine rings is 1. The lowest BCUT2D eigenvalue weighted by molar-refractivity contribution is -0.145. The molecule has 1 amide bonds. The average molecular weight is 469 g/mol. The molecule has 1 N–H and O–H groups in total. The van der Waals surface area contributed by atoms with E-state index in [0.29, 0.717) is 22.3 Å². The third kappa shape index (κ3) is 4.36. The normalized spacial score (nSPS) is 23.2. The molecule has 0 bridgehead atoms. The minimum Gasteiger partial charge on any atom is -0.481 e. The molecule has 0 aliphatic carbocycles. The van der Waals surface area contributed by atoms with Crippen molar-refractivity contribution >= 4 is 40.9 Å². The lowest BCUT2D eigenvalue weighted by atomic mass is 9.67. The Kier molecular flexibility index (Phi) is 6.22. The quantitative estimate of drug-likeness (QED) is 0.488. The van der Waals surface area contributed by atoms with Gasteiger partial charge in [0.1, 0.15) is 5.82 Å². The highest BCUT2D eigenvalue weighted by Gasteiger charge is 2.51. The highest BCUT2D eigenvalue weighted by atomic mass is 35.5. The van der Waals surface area contributed by atoms with E-state index in [1.165, 1.54) is 0 Å². The third-order valence-electron chi connectivity index (χ3n) is 5.99. The summed E-state index contributed by atoms with van der Waals surface area (Å²) in [5, 5.41) is 10.8. The summed E-state index contributed by atoms with van der Waals surface area (Å²) in [5.41, 5.74) is 0.706. The number of hydrogen-bond donors (Lipinski definition) is 1. The van der Waals surface area contributed by atoms with Crippen LogP contribution in [0.25, 0.3) is 0 Å². The SMILES string of the molecule is C[C@]1(CC(=O)O)C[C@H](c2cccc(Cl)c2)[C@@H](c2ccc(Cl)cc2)N(c2ccccn2)C1=O. The van der Waals surface area contributed by atoms with Crippen molar-refractivity contribution in [2.45, 2.75) is 31.7 Å². The van der Waals surface area contributed by atoms with E-state index in [4.69, 9.17) is 23.2 Å². The number of pyridine rings is 1. The molecule has 3 atom stereocenters. The van der Waals surface area contributed by atoms with Crippen molar-refractivity contribution in [3.8, 4) is 0 Å². The van der Waals surface area contributed by atoms with Crippen LogP contribution in [0, 0.1) is 5.41 Å². The molecule has 2 aromatic carbocycles. The van der Waals surface area contributed by atoms with E-state index in [2.05, 4.69) is 4.98 Å². The Morgan fingerprint density at radius 2 is 1.81 bits per heavy atom. The maximum Gasteiger partial charge on any atom is 0.304 e. The Labute approximate surface area is 196 Å². The number of anilines is 1. The minimum absolute atomic E-state index is 0.209. The molecule has 1 fully saturated rings. The molecule has 7 heteroatoms. The van der Waals surface area contributed by atoms with Gasteiger partial charge in [0.25, 0.3) is 0 Å². The number of hydrogen-bond acceptors (Lipinski definition) is 3. The second-order valence-corrected chi connectivity index (χ2v) is 9.23. The van der Waals surface area contributed by atoms with E-state index in [1.807, 2.05) is 36.4 Å². The molecule has 1 saturated heterocycles. The van der Waals surface area contributed by atoms with Gasteiger partial charge in [0, 0.05) is 22.2 Å². The van der Waals surface area contributed by atoms with Crippen molar-refractivity contribution in [2.75, 3.05) is 4.90 Å². The van der Waals surface area contributed by atoms with Crippen molar-refractivity contribution in [1.29, 1.82) is 0 Å². The Bertz CT molecular complexity index is 1140. The predicted molar refractivity (Wildman–Crippen MR) is 125 cm³/mol. The standard InChI is InChI=1S/C25H22Cl2N2O3/c1-25(15-22(30)31)14-20(17-5-4-6-19(27)13-17)23(16-8-10-18(26)11-9-16)29(24(25)32)21-7-2-3-12-28-21/h2-13,20,23H,14-15H2,1H3,(H,30,31)/t20-,23-,25-/m1/s1. The van der Waals surface area contributed by atoms with Gasteiger partial charge in [-0.05, 0) is 53.9 Å². The number of carbonyl (C=O) groups is 2. The van der Waals surface area contributed by atoms with Crippen LogP contribution in [0.3, 0.4) is 0 Å². The fourth-order valence-corrected chi connectivity index (χ4v) is 4.91. The van der Waals surface area contributed by atoms with Gasteiger partial charge in [-0.3, -0.25) is 14.5 Å². The topological polar surface area (TPSA) is 70.5 Å². The first-order chi connectivity index (χ1) is 15.3. The molecule has 1 aromatic heterocycles. The van der Waals surface area contributed by atoms with Crippen LogP contribution >= 0.6 is 23.2 Å². The fraction of sp³-hybridized carbons (Fsp3) is 0.240. The number of benzene rings is 2. The molecule has 164 valence electrons. The summed E-state index contributed by atoms with van der Waals surface area (Å²) >= 11 is 12.4. The summed E-state index contributed by atoms with van der Waals surface area (Å²) in [4.78, 5) is 31.7.